The molecule has 12 heavy (non-hydrogen) atoms. The lowest BCUT2D eigenvalue weighted by atomic mass is 10.4. The molecule has 1 aromatic rings. The third-order valence-corrected chi connectivity index (χ3v) is 1.92. The maximum atomic E-state index is 4.14. The van der Waals surface area contributed by atoms with Crippen LogP contribution in [0.1, 0.15) is 5.56 Å². The summed E-state index contributed by atoms with van der Waals surface area (Å²) in [7, 11) is 2.00. The van der Waals surface area contributed by atoms with Gasteiger partial charge in [-0.1, -0.05) is 0 Å². The van der Waals surface area contributed by atoms with E-state index in [9.17, 15) is 0 Å². The second kappa shape index (κ2) is 2.64. The number of H-pyrrole nitrogens is 1. The van der Waals surface area contributed by atoms with Crippen molar-refractivity contribution in [1.29, 1.82) is 0 Å². The van der Waals surface area contributed by atoms with E-state index in [2.05, 4.69) is 16.3 Å². The number of likely N-dealkylation sites (N-methyl/N-ethyl adjacent to an activating group) is 1. The van der Waals surface area contributed by atoms with Gasteiger partial charge >= 0.3 is 0 Å². The summed E-state index contributed by atoms with van der Waals surface area (Å²) in [6, 6.07) is 0. The van der Waals surface area contributed by atoms with Gasteiger partial charge in [0.2, 0.25) is 0 Å². The monoisotopic (exact) mass is 163 g/mol. The van der Waals surface area contributed by atoms with E-state index < -0.39 is 0 Å². The Balaban J connectivity index is 2.30. The first-order chi connectivity index (χ1) is 5.79. The van der Waals surface area contributed by atoms with Crippen LogP contribution in [0.25, 0.3) is 0 Å². The lowest BCUT2D eigenvalue weighted by molar-refractivity contribution is 0.390. The molecule has 1 aromatic heterocycles. The minimum atomic E-state index is 0.826. The Hall–Kier alpha value is -1.29. The minimum Gasteiger partial charge on any atom is -0.283 e. The zero-order valence-electron chi connectivity index (χ0n) is 7.20. The number of rotatable bonds is 1. The van der Waals surface area contributed by atoms with Crippen LogP contribution in [0.2, 0.25) is 0 Å². The van der Waals surface area contributed by atoms with Gasteiger partial charge in [-0.15, -0.1) is 0 Å². The summed E-state index contributed by atoms with van der Waals surface area (Å²) < 4.78 is 0. The molecule has 0 atom stereocenters. The van der Waals surface area contributed by atoms with Crippen LogP contribution in [0.5, 0.6) is 0 Å². The van der Waals surface area contributed by atoms with Crippen LogP contribution in [0.4, 0.5) is 5.82 Å². The van der Waals surface area contributed by atoms with E-state index in [1.807, 2.05) is 36.4 Å². The molecule has 4 nitrogen and oxygen atoms in total. The third-order valence-electron chi connectivity index (χ3n) is 1.92. The SMILES string of the molecule is Cc1c[nH]nc1N1C=[C]CN1C. The fourth-order valence-electron chi connectivity index (χ4n) is 1.23. The van der Waals surface area contributed by atoms with Gasteiger partial charge < -0.3 is 0 Å². The molecule has 0 spiro atoms. The van der Waals surface area contributed by atoms with Gasteiger partial charge in [0.15, 0.2) is 5.82 Å². The molecule has 1 radical (unpaired) electrons. The highest BCUT2D eigenvalue weighted by atomic mass is 15.6. The first-order valence-corrected chi connectivity index (χ1v) is 3.86. The van der Waals surface area contributed by atoms with Crippen molar-refractivity contribution in [2.45, 2.75) is 6.92 Å². The molecule has 1 aliphatic rings. The van der Waals surface area contributed by atoms with Gasteiger partial charge in [-0.3, -0.25) is 10.1 Å². The zero-order valence-corrected chi connectivity index (χ0v) is 7.20. The number of nitrogens with one attached hydrogen (secondary N) is 1. The fraction of sp³-hybridized carbons (Fsp3) is 0.375. The summed E-state index contributed by atoms with van der Waals surface area (Å²) in [5.74, 6) is 0.947. The summed E-state index contributed by atoms with van der Waals surface area (Å²) in [6.45, 7) is 2.85. The fourth-order valence-corrected chi connectivity index (χ4v) is 1.23. The Morgan fingerprint density at radius 2 is 2.50 bits per heavy atom. The number of aromatic nitrogens is 2. The molecule has 0 unspecified atom stereocenters. The molecular weight excluding hydrogens is 152 g/mol. The molecule has 0 amide bonds. The van der Waals surface area contributed by atoms with Crippen LogP contribution in [0, 0.1) is 13.0 Å². The maximum absolute atomic E-state index is 4.14. The molecule has 2 heterocycles. The Morgan fingerprint density at radius 1 is 1.67 bits per heavy atom. The minimum absolute atomic E-state index is 0.826. The number of hydrogen-bond acceptors (Lipinski definition) is 3. The Labute approximate surface area is 71.4 Å². The summed E-state index contributed by atoms with van der Waals surface area (Å²) in [6.07, 6.45) is 6.90. The molecule has 63 valence electrons. The third kappa shape index (κ3) is 1.00. The predicted octanol–water partition coefficient (Wildman–Crippen LogP) is 0.702. The molecule has 0 fully saturated rings. The number of aromatic amines is 1. The molecule has 0 aliphatic carbocycles. The number of anilines is 1. The van der Waals surface area contributed by atoms with Crippen molar-refractivity contribution in [3.63, 3.8) is 0 Å². The van der Waals surface area contributed by atoms with Gasteiger partial charge in [0.05, 0.1) is 0 Å². The number of hydrogen-bond donors (Lipinski definition) is 1. The first-order valence-electron chi connectivity index (χ1n) is 3.86. The van der Waals surface area contributed by atoms with E-state index in [1.165, 1.54) is 0 Å². The van der Waals surface area contributed by atoms with Crippen LogP contribution in [-0.2, 0) is 0 Å². The molecule has 2 rings (SSSR count). The molecule has 0 bridgehead atoms. The number of nitrogens with zero attached hydrogens (tertiary/aromatic N) is 3. The first kappa shape index (κ1) is 7.36. The van der Waals surface area contributed by atoms with E-state index in [4.69, 9.17) is 0 Å². The quantitative estimate of drug-likeness (QED) is 0.662. The van der Waals surface area contributed by atoms with Crippen LogP contribution in [0.3, 0.4) is 0 Å². The summed E-state index contributed by atoms with van der Waals surface area (Å²) >= 11 is 0. The Kier molecular flexibility index (Phi) is 1.62. The molecule has 1 aliphatic heterocycles. The smallest absolute Gasteiger partial charge is 0.171 e. The largest absolute Gasteiger partial charge is 0.283 e. The molecule has 4 heteroatoms. The predicted molar refractivity (Wildman–Crippen MR) is 46.2 cm³/mol. The molecule has 1 N–H and O–H groups in total. The van der Waals surface area contributed by atoms with E-state index in [0.29, 0.717) is 0 Å². The normalized spacial score (nSPS) is 17.7. The summed E-state index contributed by atoms with van der Waals surface area (Å²) in [5.41, 5.74) is 1.14. The Morgan fingerprint density at radius 3 is 3.00 bits per heavy atom. The van der Waals surface area contributed by atoms with Gasteiger partial charge in [-0.25, -0.2) is 5.01 Å². The van der Waals surface area contributed by atoms with Crippen molar-refractivity contribution in [2.75, 3.05) is 18.6 Å². The summed E-state index contributed by atoms with van der Waals surface area (Å²) in [5, 5.41) is 11.0. The van der Waals surface area contributed by atoms with Gasteiger partial charge in [-0.2, -0.15) is 5.10 Å². The molecule has 0 aromatic carbocycles. The topological polar surface area (TPSA) is 35.2 Å². The maximum Gasteiger partial charge on any atom is 0.171 e. The highest BCUT2D eigenvalue weighted by Crippen LogP contribution is 2.19. The van der Waals surface area contributed by atoms with Gasteiger partial charge in [0, 0.05) is 31.6 Å². The van der Waals surface area contributed by atoms with E-state index in [0.717, 1.165) is 17.9 Å². The van der Waals surface area contributed by atoms with Crippen molar-refractivity contribution in [1.82, 2.24) is 15.2 Å². The second-order valence-corrected chi connectivity index (χ2v) is 2.89. The Bertz CT molecular complexity index is 302. The number of aryl methyl sites for hydroxylation is 1. The van der Waals surface area contributed by atoms with Crippen molar-refractivity contribution in [3.05, 3.63) is 24.0 Å². The van der Waals surface area contributed by atoms with Crippen molar-refractivity contribution >= 4 is 5.82 Å². The van der Waals surface area contributed by atoms with Crippen molar-refractivity contribution in [3.8, 4) is 0 Å². The highest BCUT2D eigenvalue weighted by molar-refractivity contribution is 5.47. The zero-order chi connectivity index (χ0) is 8.55. The number of hydrazine groups is 1. The van der Waals surface area contributed by atoms with Gasteiger partial charge in [-0.05, 0) is 13.0 Å². The molecular formula is C8H11N4. The van der Waals surface area contributed by atoms with Crippen LogP contribution in [0.15, 0.2) is 12.4 Å². The summed E-state index contributed by atoms with van der Waals surface area (Å²) in [4.78, 5) is 0. The average molecular weight is 163 g/mol. The van der Waals surface area contributed by atoms with Crippen LogP contribution >= 0.6 is 0 Å². The standard InChI is InChI=1S/C8H11N4/c1-7-6-9-10-8(7)12-5-3-4-11(12)2/h5-6H,4H2,1-2H3,(H,9,10). The van der Waals surface area contributed by atoms with Gasteiger partial charge in [0.1, 0.15) is 0 Å². The lowest BCUT2D eigenvalue weighted by Crippen LogP contribution is -2.31. The van der Waals surface area contributed by atoms with Gasteiger partial charge in [0.25, 0.3) is 0 Å². The molecule has 0 saturated heterocycles. The van der Waals surface area contributed by atoms with Crippen molar-refractivity contribution in [2.24, 2.45) is 0 Å². The van der Waals surface area contributed by atoms with E-state index in [-0.39, 0.29) is 0 Å². The lowest BCUT2D eigenvalue weighted by Gasteiger charge is -2.22. The van der Waals surface area contributed by atoms with Crippen LogP contribution in [-0.4, -0.2) is 28.8 Å². The van der Waals surface area contributed by atoms with E-state index in [1.54, 1.807) is 0 Å². The average Bonchev–Trinajstić information content (AvgIpc) is 2.59. The van der Waals surface area contributed by atoms with Crippen LogP contribution < -0.4 is 5.01 Å². The van der Waals surface area contributed by atoms with E-state index >= 15 is 0 Å². The molecule has 0 saturated carbocycles. The van der Waals surface area contributed by atoms with Crippen molar-refractivity contribution < 1.29 is 0 Å². The second-order valence-electron chi connectivity index (χ2n) is 2.89. The highest BCUT2D eigenvalue weighted by Gasteiger charge is 2.17.